The zero-order valence-electron chi connectivity index (χ0n) is 12.0. The third kappa shape index (κ3) is 2.58. The van der Waals surface area contributed by atoms with Gasteiger partial charge in [-0.05, 0) is 19.4 Å². The summed E-state index contributed by atoms with van der Waals surface area (Å²) in [5, 5.41) is 9.83. The molecule has 6 nitrogen and oxygen atoms in total. The number of aliphatic hydroxyl groups is 1. The van der Waals surface area contributed by atoms with Crippen molar-refractivity contribution in [2.24, 2.45) is 0 Å². The van der Waals surface area contributed by atoms with E-state index >= 15 is 0 Å². The Hall–Kier alpha value is -1.73. The molecule has 2 aromatic rings. The maximum Gasteiger partial charge on any atom is 0.259 e. The van der Waals surface area contributed by atoms with Crippen molar-refractivity contribution in [3.05, 3.63) is 26.6 Å². The van der Waals surface area contributed by atoms with Crippen LogP contribution >= 0.6 is 11.3 Å². The number of amides is 1. The van der Waals surface area contributed by atoms with Crippen LogP contribution in [-0.2, 0) is 11.2 Å². The van der Waals surface area contributed by atoms with Crippen LogP contribution in [0.25, 0.3) is 10.2 Å². The summed E-state index contributed by atoms with van der Waals surface area (Å²) >= 11 is 1.50. The number of carbonyl (C=O) groups excluding carboxylic acids is 1. The summed E-state index contributed by atoms with van der Waals surface area (Å²) < 4.78 is 0. The van der Waals surface area contributed by atoms with Gasteiger partial charge in [-0.2, -0.15) is 0 Å². The molecule has 7 heteroatoms. The summed E-state index contributed by atoms with van der Waals surface area (Å²) in [6.45, 7) is 4.71. The molecule has 3 heterocycles. The van der Waals surface area contributed by atoms with Gasteiger partial charge in [0, 0.05) is 30.8 Å². The molecule has 2 N–H and O–H groups in total. The lowest BCUT2D eigenvalue weighted by atomic mass is 10.1. The number of β-amino-alcohol motifs (C(OH)–C–C–N with tert-alkyl or cyclic N) is 1. The quantitative estimate of drug-likeness (QED) is 0.875. The van der Waals surface area contributed by atoms with E-state index in [0.717, 1.165) is 15.3 Å². The molecule has 112 valence electrons. The fourth-order valence-corrected chi connectivity index (χ4v) is 3.51. The molecule has 1 amide bonds. The highest BCUT2D eigenvalue weighted by atomic mass is 32.1. The number of aromatic nitrogens is 2. The zero-order chi connectivity index (χ0) is 15.1. The normalized spacial score (nSPS) is 15.5. The van der Waals surface area contributed by atoms with Crippen LogP contribution in [0, 0.1) is 13.8 Å². The van der Waals surface area contributed by atoms with Crippen LogP contribution in [-0.4, -0.2) is 45.1 Å². The molecule has 0 spiro atoms. The second-order valence-electron chi connectivity index (χ2n) is 5.43. The van der Waals surface area contributed by atoms with E-state index in [1.165, 1.54) is 11.3 Å². The Labute approximate surface area is 125 Å². The van der Waals surface area contributed by atoms with E-state index in [2.05, 4.69) is 9.97 Å². The predicted octanol–water partition coefficient (Wildman–Crippen LogP) is 0.737. The molecule has 0 unspecified atom stereocenters. The Morgan fingerprint density at radius 2 is 2.19 bits per heavy atom. The number of nitrogens with zero attached hydrogens (tertiary/aromatic N) is 2. The molecule has 0 aromatic carbocycles. The number of aliphatic hydroxyl groups excluding tert-OH is 1. The van der Waals surface area contributed by atoms with E-state index in [0.29, 0.717) is 37.1 Å². The highest BCUT2D eigenvalue weighted by Crippen LogP contribution is 2.25. The molecular weight excluding hydrogens is 290 g/mol. The molecule has 0 saturated carbocycles. The Kier molecular flexibility index (Phi) is 3.54. The van der Waals surface area contributed by atoms with Crippen LogP contribution in [0.5, 0.6) is 0 Å². The topological polar surface area (TPSA) is 86.3 Å². The number of likely N-dealkylation sites (tertiary alicyclic amines) is 1. The second-order valence-corrected chi connectivity index (χ2v) is 6.63. The number of hydrogen-bond acceptors (Lipinski definition) is 5. The highest BCUT2D eigenvalue weighted by Gasteiger charge is 2.28. The molecular formula is C14H17N3O3S. The van der Waals surface area contributed by atoms with E-state index in [1.807, 2.05) is 13.8 Å². The summed E-state index contributed by atoms with van der Waals surface area (Å²) in [6.07, 6.45) is 0.317. The number of aryl methyl sites for hydroxylation is 3. The van der Waals surface area contributed by atoms with Crippen LogP contribution in [0.4, 0.5) is 0 Å². The van der Waals surface area contributed by atoms with Crippen molar-refractivity contribution in [3.8, 4) is 0 Å². The first-order valence-electron chi connectivity index (χ1n) is 6.90. The number of carbonyl (C=O) groups is 1. The molecule has 0 atom stereocenters. The first-order valence-corrected chi connectivity index (χ1v) is 7.72. The van der Waals surface area contributed by atoms with Gasteiger partial charge in [0.15, 0.2) is 0 Å². The van der Waals surface area contributed by atoms with Gasteiger partial charge in [-0.25, -0.2) is 4.98 Å². The largest absolute Gasteiger partial charge is 0.389 e. The van der Waals surface area contributed by atoms with Crippen LogP contribution in [0.15, 0.2) is 4.79 Å². The Morgan fingerprint density at radius 1 is 1.48 bits per heavy atom. The number of nitrogens with one attached hydrogen (secondary N) is 1. The fourth-order valence-electron chi connectivity index (χ4n) is 2.46. The Balaban J connectivity index is 1.76. The molecule has 2 aromatic heterocycles. The number of fused-ring (bicyclic) bond motifs is 1. The highest BCUT2D eigenvalue weighted by molar-refractivity contribution is 7.18. The average Bonchev–Trinajstić information content (AvgIpc) is 2.68. The van der Waals surface area contributed by atoms with Crippen molar-refractivity contribution < 1.29 is 9.90 Å². The molecule has 1 fully saturated rings. The number of aromatic amines is 1. The van der Waals surface area contributed by atoms with Gasteiger partial charge in [-0.15, -0.1) is 11.3 Å². The fraction of sp³-hybridized carbons (Fsp3) is 0.500. The lowest BCUT2D eigenvalue weighted by molar-refractivity contribution is -0.141. The SMILES string of the molecule is Cc1sc2nc(CCC(=O)N3CC(O)C3)[nH]c(=O)c2c1C. The molecule has 1 aliphatic heterocycles. The van der Waals surface area contributed by atoms with Crippen molar-refractivity contribution in [1.29, 1.82) is 0 Å². The van der Waals surface area contributed by atoms with E-state index in [4.69, 9.17) is 0 Å². The maximum atomic E-state index is 12.1. The summed E-state index contributed by atoms with van der Waals surface area (Å²) in [7, 11) is 0. The minimum absolute atomic E-state index is 0.0124. The van der Waals surface area contributed by atoms with Gasteiger partial charge in [-0.1, -0.05) is 0 Å². The summed E-state index contributed by atoms with van der Waals surface area (Å²) in [6, 6.07) is 0. The van der Waals surface area contributed by atoms with Gasteiger partial charge < -0.3 is 15.0 Å². The van der Waals surface area contributed by atoms with E-state index in [-0.39, 0.29) is 17.6 Å². The van der Waals surface area contributed by atoms with Crippen LogP contribution in [0.3, 0.4) is 0 Å². The van der Waals surface area contributed by atoms with Crippen molar-refractivity contribution >= 4 is 27.5 Å². The van der Waals surface area contributed by atoms with Crippen molar-refractivity contribution in [2.75, 3.05) is 13.1 Å². The van der Waals surface area contributed by atoms with E-state index in [1.54, 1.807) is 4.90 Å². The van der Waals surface area contributed by atoms with Gasteiger partial charge in [-0.3, -0.25) is 9.59 Å². The lowest BCUT2D eigenvalue weighted by Crippen LogP contribution is -2.53. The zero-order valence-corrected chi connectivity index (χ0v) is 12.8. The first-order chi connectivity index (χ1) is 9.95. The summed E-state index contributed by atoms with van der Waals surface area (Å²) in [5.74, 6) is 0.532. The van der Waals surface area contributed by atoms with Crippen LogP contribution < -0.4 is 5.56 Å². The minimum Gasteiger partial charge on any atom is -0.389 e. The van der Waals surface area contributed by atoms with Crippen LogP contribution in [0.1, 0.15) is 22.7 Å². The van der Waals surface area contributed by atoms with Crippen molar-refractivity contribution in [1.82, 2.24) is 14.9 Å². The number of H-pyrrole nitrogens is 1. The second kappa shape index (κ2) is 5.23. The molecule has 21 heavy (non-hydrogen) atoms. The minimum atomic E-state index is -0.389. The van der Waals surface area contributed by atoms with Crippen LogP contribution in [0.2, 0.25) is 0 Å². The molecule has 1 aliphatic rings. The summed E-state index contributed by atoms with van der Waals surface area (Å²) in [4.78, 5) is 34.6. The monoisotopic (exact) mass is 307 g/mol. The first kappa shape index (κ1) is 14.2. The van der Waals surface area contributed by atoms with Gasteiger partial charge in [0.05, 0.1) is 11.5 Å². The number of hydrogen-bond donors (Lipinski definition) is 2. The Bertz CT molecular complexity index is 759. The van der Waals surface area contributed by atoms with Crippen molar-refractivity contribution in [3.63, 3.8) is 0 Å². The molecule has 1 saturated heterocycles. The number of rotatable bonds is 3. The third-order valence-corrected chi connectivity index (χ3v) is 4.98. The standard InChI is InChI=1S/C14H17N3O3S/c1-7-8(2)21-14-12(7)13(20)15-10(16-14)3-4-11(19)17-5-9(18)6-17/h9,18H,3-6H2,1-2H3,(H,15,16,20). The molecule has 0 radical (unpaired) electrons. The summed E-state index contributed by atoms with van der Waals surface area (Å²) in [5.41, 5.74) is 0.838. The van der Waals surface area contributed by atoms with E-state index < -0.39 is 0 Å². The van der Waals surface area contributed by atoms with Gasteiger partial charge in [0.2, 0.25) is 5.91 Å². The van der Waals surface area contributed by atoms with Gasteiger partial charge in [0.1, 0.15) is 10.7 Å². The maximum absolute atomic E-state index is 12.1. The van der Waals surface area contributed by atoms with Crippen molar-refractivity contribution in [2.45, 2.75) is 32.8 Å². The van der Waals surface area contributed by atoms with Gasteiger partial charge in [0.25, 0.3) is 5.56 Å². The molecule has 3 rings (SSSR count). The van der Waals surface area contributed by atoms with Gasteiger partial charge >= 0.3 is 0 Å². The predicted molar refractivity (Wildman–Crippen MR) is 80.6 cm³/mol. The van der Waals surface area contributed by atoms with E-state index in [9.17, 15) is 14.7 Å². The molecule has 0 bridgehead atoms. The molecule has 0 aliphatic carbocycles. The Morgan fingerprint density at radius 3 is 2.86 bits per heavy atom. The smallest absolute Gasteiger partial charge is 0.259 e. The third-order valence-electron chi connectivity index (χ3n) is 3.88. The number of thiophene rings is 1. The average molecular weight is 307 g/mol. The lowest BCUT2D eigenvalue weighted by Gasteiger charge is -2.35.